The largest absolute Gasteiger partial charge is 0.358 e. The second-order valence-corrected chi connectivity index (χ2v) is 2.36. The third kappa shape index (κ3) is 9.62. The summed E-state index contributed by atoms with van der Waals surface area (Å²) in [7, 11) is 2.19. The second kappa shape index (κ2) is 12.3. The van der Waals surface area contributed by atoms with Gasteiger partial charge in [-0.1, -0.05) is 6.42 Å². The Kier molecular flexibility index (Phi) is 25.1. The van der Waals surface area contributed by atoms with Crippen LogP contribution in [0.1, 0.15) is 19.3 Å². The van der Waals surface area contributed by atoms with Gasteiger partial charge in [-0.2, -0.15) is 0 Å². The average molecular weight is 582 g/mol. The molecule has 0 atom stereocenters. The molecule has 1 nitrogen and oxygen atoms in total. The Morgan fingerprint density at radius 1 is 0.909 bits per heavy atom. The minimum Gasteiger partial charge on any atom is -0.358 e. The third-order valence-electron chi connectivity index (χ3n) is 1.58. The normalized spacial score (nSPS) is 16.1. The van der Waals surface area contributed by atoms with E-state index < -0.39 is 0 Å². The van der Waals surface area contributed by atoms with Crippen molar-refractivity contribution in [2.45, 2.75) is 19.3 Å². The number of piperidine rings is 1. The van der Waals surface area contributed by atoms with Gasteiger partial charge in [0.15, 0.2) is 0 Å². The first kappa shape index (κ1) is 22.4. The van der Waals surface area contributed by atoms with Gasteiger partial charge in [0, 0.05) is 20.4 Å². The molecule has 0 spiro atoms. The van der Waals surface area contributed by atoms with E-state index in [1.807, 2.05) is 0 Å². The number of rotatable bonds is 0. The monoisotopic (exact) mass is 583 g/mol. The molecule has 1 saturated heterocycles. The maximum Gasteiger partial charge on any atom is 0 e. The number of hydrogen-bond donors (Lipinski definition) is 0. The molecule has 0 aromatic carbocycles. The van der Waals surface area contributed by atoms with Crippen LogP contribution >= 0.6 is 0 Å². The summed E-state index contributed by atoms with van der Waals surface area (Å²) >= 11 is 0. The van der Waals surface area contributed by atoms with Crippen LogP contribution in [0.15, 0.2) is 0 Å². The molecule has 3 heteroatoms. The predicted octanol–water partition coefficient (Wildman–Crippen LogP) is 2.00. The summed E-state index contributed by atoms with van der Waals surface area (Å²) in [5.74, 6) is 0. The van der Waals surface area contributed by atoms with Crippen molar-refractivity contribution < 1.29 is 20.4 Å². The molecule has 0 bridgehead atoms. The zero-order valence-corrected chi connectivity index (χ0v) is 17.2. The van der Waals surface area contributed by atoms with Crippen LogP contribution in [0.3, 0.4) is 0 Å². The van der Waals surface area contributed by atoms with E-state index in [0.717, 1.165) is 0 Å². The summed E-state index contributed by atoms with van der Waals surface area (Å²) < 4.78 is 0. The van der Waals surface area contributed by atoms with Crippen molar-refractivity contribution in [3.05, 3.63) is 14.9 Å². The van der Waals surface area contributed by atoms with Gasteiger partial charge in [-0.15, -0.1) is 0 Å². The molecule has 0 aromatic rings. The Bertz CT molecular complexity index is 56.1. The molecule has 1 aliphatic heterocycles. The summed E-state index contributed by atoms with van der Waals surface area (Å²) in [6.45, 7) is 2.64. The molecule has 11 heavy (non-hydrogen) atoms. The molecule has 1 aliphatic rings. The van der Waals surface area contributed by atoms with Crippen LogP contribution in [0, 0.1) is 14.9 Å². The molecular formula is C8H19NReRf-2. The molecule has 67 valence electrons. The smallest absolute Gasteiger partial charge is 0 e. The first-order chi connectivity index (χ1) is 3.39. The van der Waals surface area contributed by atoms with Crippen molar-refractivity contribution in [2.75, 3.05) is 20.1 Å². The Labute approximate surface area is 79.8 Å². The van der Waals surface area contributed by atoms with Crippen molar-refractivity contribution in [3.63, 3.8) is 0 Å². The van der Waals surface area contributed by atoms with Gasteiger partial charge in [0.25, 0.3) is 0 Å². The van der Waals surface area contributed by atoms with Gasteiger partial charge < -0.3 is 19.8 Å². The molecular weight excluding hydrogens is 563 g/mol. The molecule has 0 amide bonds. The van der Waals surface area contributed by atoms with Crippen LogP contribution in [0.5, 0.6) is 0 Å². The van der Waals surface area contributed by atoms with Gasteiger partial charge in [0.1, 0.15) is 0 Å². The average Bonchev–Trinajstić information content (AvgIpc) is 1.69. The summed E-state index contributed by atoms with van der Waals surface area (Å²) in [6.07, 6.45) is 4.28. The molecule has 0 unspecified atom stereocenters. The maximum absolute atomic E-state index is 2.39. The summed E-state index contributed by atoms with van der Waals surface area (Å²) in [4.78, 5) is 2.39. The van der Waals surface area contributed by atoms with Crippen molar-refractivity contribution in [1.82, 2.24) is 4.90 Å². The zero-order valence-electron chi connectivity index (χ0n) is 8.07. The Morgan fingerprint density at radius 3 is 1.45 bits per heavy atom. The summed E-state index contributed by atoms with van der Waals surface area (Å²) in [6, 6.07) is 0. The van der Waals surface area contributed by atoms with Crippen LogP contribution in [-0.2, 0) is 20.4 Å². The number of hydrogen-bond acceptors (Lipinski definition) is 1. The van der Waals surface area contributed by atoms with Gasteiger partial charge in [0.2, 0.25) is 0 Å². The van der Waals surface area contributed by atoms with E-state index in [1.165, 1.54) is 32.4 Å². The standard InChI is InChI=1S/C6H13N.2CH3.Re.Rf/c1-7-5-3-2-4-6-7;;;;/h2-6H2,1H3;2*1H3;;/q;2*-1;;. The van der Waals surface area contributed by atoms with E-state index in [-0.39, 0.29) is 35.3 Å². The van der Waals surface area contributed by atoms with E-state index in [2.05, 4.69) is 11.9 Å². The Hall–Kier alpha value is -0.378. The summed E-state index contributed by atoms with van der Waals surface area (Å²) in [5.41, 5.74) is 0. The predicted molar refractivity (Wildman–Crippen MR) is 44.2 cm³/mol. The van der Waals surface area contributed by atoms with Gasteiger partial charge in [-0.25, -0.2) is 0 Å². The molecule has 0 aliphatic carbocycles. The van der Waals surface area contributed by atoms with Crippen LogP contribution in [0.2, 0.25) is 0 Å². The Morgan fingerprint density at radius 2 is 1.27 bits per heavy atom. The van der Waals surface area contributed by atoms with Crippen molar-refractivity contribution in [2.24, 2.45) is 0 Å². The van der Waals surface area contributed by atoms with Gasteiger partial charge in [-0.3, -0.25) is 0 Å². The van der Waals surface area contributed by atoms with Crippen molar-refractivity contribution in [1.29, 1.82) is 0 Å². The van der Waals surface area contributed by atoms with E-state index in [1.54, 1.807) is 0 Å². The van der Waals surface area contributed by atoms with Crippen LogP contribution in [0.25, 0.3) is 0 Å². The fourth-order valence-corrected chi connectivity index (χ4v) is 1.05. The quantitative estimate of drug-likeness (QED) is 0.396. The van der Waals surface area contributed by atoms with Crippen LogP contribution in [-0.4, -0.2) is 25.0 Å². The summed E-state index contributed by atoms with van der Waals surface area (Å²) in [5, 5.41) is 0. The van der Waals surface area contributed by atoms with Gasteiger partial charge in [0.05, 0.1) is 0 Å². The maximum atomic E-state index is 2.39. The molecule has 0 aromatic heterocycles. The number of nitrogens with zero attached hydrogens (tertiary/aromatic N) is 1. The van der Waals surface area contributed by atoms with Gasteiger partial charge in [-0.05, 0) is 33.0 Å². The molecule has 1 heterocycles. The van der Waals surface area contributed by atoms with Gasteiger partial charge >= 0.3 is 0 Å². The molecule has 0 saturated carbocycles. The molecule has 0 N–H and O–H groups in total. The molecule has 1 rings (SSSR count). The fourth-order valence-electron chi connectivity index (χ4n) is 1.05. The molecule has 1 fully saturated rings. The first-order valence-corrected chi connectivity index (χ1v) is 3.08. The van der Waals surface area contributed by atoms with E-state index in [9.17, 15) is 0 Å². The second-order valence-electron chi connectivity index (χ2n) is 2.36. The van der Waals surface area contributed by atoms with E-state index >= 15 is 0 Å². The first-order valence-electron chi connectivity index (χ1n) is 3.08. The van der Waals surface area contributed by atoms with Crippen molar-refractivity contribution >= 4 is 0 Å². The van der Waals surface area contributed by atoms with Crippen LogP contribution in [0.4, 0.5) is 0 Å². The fraction of sp³-hybridized carbons (Fsp3) is 0.750. The zero-order chi connectivity index (χ0) is 5.11. The minimum absolute atomic E-state index is 0. The third-order valence-corrected chi connectivity index (χ3v) is 1.58. The van der Waals surface area contributed by atoms with E-state index in [4.69, 9.17) is 0 Å². The number of likely N-dealkylation sites (tertiary alicyclic amines) is 1. The van der Waals surface area contributed by atoms with Crippen LogP contribution < -0.4 is 0 Å². The van der Waals surface area contributed by atoms with E-state index in [0.29, 0.717) is 0 Å². The molecule has 1 radical (unpaired) electrons. The van der Waals surface area contributed by atoms with Crippen molar-refractivity contribution in [3.8, 4) is 0 Å². The minimum atomic E-state index is 0. The Balaban J connectivity index is -0.0000000612. The topological polar surface area (TPSA) is 3.24 Å². The SMILES string of the molecule is CN1CCCCC1.[CH3-].[CH3-].[Re].[Rf].